The fourth-order valence-electron chi connectivity index (χ4n) is 10.7. The van der Waals surface area contributed by atoms with Gasteiger partial charge in [-0.05, 0) is 0 Å². The van der Waals surface area contributed by atoms with Crippen LogP contribution in [0.15, 0.2) is 84.9 Å². The van der Waals surface area contributed by atoms with Crippen LogP contribution in [-0.2, 0) is 46.6 Å². The number of halogens is 2. The van der Waals surface area contributed by atoms with Crippen molar-refractivity contribution < 1.29 is 57.2 Å². The molecule has 0 saturated carbocycles. The van der Waals surface area contributed by atoms with Crippen LogP contribution in [0.2, 0.25) is 10.0 Å². The second-order valence-corrected chi connectivity index (χ2v) is 33.7. The third-order valence-corrected chi connectivity index (χ3v) is 20.0. The molecule has 16 nitrogen and oxygen atoms in total. The second-order valence-electron chi connectivity index (χ2n) is 27.0. The number of rotatable bonds is 7. The van der Waals surface area contributed by atoms with Crippen LogP contribution in [0.25, 0.3) is 11.1 Å². The Labute approximate surface area is 504 Å². The van der Waals surface area contributed by atoms with Crippen molar-refractivity contribution in [3.63, 3.8) is 0 Å². The van der Waals surface area contributed by atoms with Gasteiger partial charge in [-0.1, -0.05) is 0 Å². The van der Waals surface area contributed by atoms with Gasteiger partial charge in [-0.3, -0.25) is 0 Å². The molecule has 6 atom stereocenters. The average Bonchev–Trinajstić information content (AvgIpc) is 1.56. The van der Waals surface area contributed by atoms with Crippen molar-refractivity contribution in [3.8, 4) is 11.1 Å². The van der Waals surface area contributed by atoms with E-state index >= 15 is 19.2 Å². The number of anilines is 2. The number of likely N-dealkylation sites (tertiary alicyclic amines) is 2. The van der Waals surface area contributed by atoms with Gasteiger partial charge in [-0.25, -0.2) is 0 Å². The zero-order valence-electron chi connectivity index (χ0n) is 50.1. The summed E-state index contributed by atoms with van der Waals surface area (Å²) < 4.78 is 36.2. The number of amides is 4. The molecule has 8 rings (SSSR count). The van der Waals surface area contributed by atoms with Crippen LogP contribution < -0.4 is 18.7 Å². The Balaban J connectivity index is 1.44. The zero-order valence-corrected chi connectivity index (χ0v) is 55.0. The van der Waals surface area contributed by atoms with Crippen molar-refractivity contribution in [2.45, 2.75) is 204 Å². The molecule has 4 aliphatic rings. The number of ether oxygens (including phenoxy) is 6. The maximum atomic E-state index is 15.2. The zero-order chi connectivity index (χ0) is 60.8. The third kappa shape index (κ3) is 12.9. The molecule has 2 saturated heterocycles. The topological polar surface area (TPSA) is 171 Å². The van der Waals surface area contributed by atoms with Gasteiger partial charge < -0.3 is 0 Å². The first-order valence-electron chi connectivity index (χ1n) is 27.3. The Kier molecular flexibility index (Phi) is 16.7. The molecule has 4 heterocycles. The summed E-state index contributed by atoms with van der Waals surface area (Å²) in [5, 5.41) is 0.303. The first-order valence-corrected chi connectivity index (χ1v) is 31.5. The molecule has 0 bridgehead atoms. The van der Waals surface area contributed by atoms with Gasteiger partial charge in [-0.2, -0.15) is 0 Å². The van der Waals surface area contributed by atoms with Crippen molar-refractivity contribution >= 4 is 110 Å². The molecule has 4 aromatic rings. The van der Waals surface area contributed by atoms with Gasteiger partial charge in [0.25, 0.3) is 0 Å². The number of benzene rings is 4. The minimum atomic E-state index is -1.26. The molecule has 4 aliphatic heterocycles. The standard InChI is InChI=1S/C62H76Cl2N4O12Se2/c1-55(2,3)75-47(69)45-33-61(81-35-25-21-19-22-26-35)39-29-37(41(63)31-43(39)65(51(71)77-57(7,8)9)49(61)67(45)53(73)79-59(13,14)15)38-30-40-44(32-42(38)64)66(52(72)78-58(10,11)12)50-62(40,82-36-27-23-20-24-28-36)34-46(48(70)76-56(4,5)6)68(50)54(74)80-60(16,17)18/h19-32,45-46,49-50H,33-34H2,1-18H3/t45-,46-,49-,50-,61+,62+/m0/s1. The summed E-state index contributed by atoms with van der Waals surface area (Å²) in [6, 6.07) is 23.9. The Hall–Kier alpha value is -5.48. The van der Waals surface area contributed by atoms with Crippen LogP contribution in [0.4, 0.5) is 30.6 Å². The quantitative estimate of drug-likeness (QED) is 0.0976. The van der Waals surface area contributed by atoms with E-state index in [0.29, 0.717) is 33.6 Å². The van der Waals surface area contributed by atoms with Gasteiger partial charge in [0, 0.05) is 0 Å². The number of carbonyl (C=O) groups is 6. The average molecular weight is 1300 g/mol. The molecule has 82 heavy (non-hydrogen) atoms. The molecule has 0 radical (unpaired) electrons. The van der Waals surface area contributed by atoms with Gasteiger partial charge in [0.1, 0.15) is 0 Å². The number of esters is 2. The SMILES string of the molecule is CC(C)(C)OC(=O)[C@@H]1C[C@@]2([Se]c3ccccc3)c3cc(-c4cc5c(cc4Cl)N(C(=O)OC(C)(C)C)[C@H]4N(C(=O)OC(C)(C)C)[C@H](C(=O)OC(C)(C)C)C[C@@]54[Se]c4ccccc4)c(Cl)cc3N(C(=O)OC(C)(C)C)[C@H]2N1C(=O)OC(C)(C)C. The van der Waals surface area contributed by atoms with Crippen molar-refractivity contribution in [2.75, 3.05) is 9.80 Å². The molecule has 20 heteroatoms. The summed E-state index contributed by atoms with van der Waals surface area (Å²) in [4.78, 5) is 95.6. The molecule has 4 amide bonds. The molecule has 2 fully saturated rings. The molecule has 0 aromatic heterocycles. The van der Waals surface area contributed by atoms with Crippen molar-refractivity contribution in [2.24, 2.45) is 0 Å². The Morgan fingerprint density at radius 2 is 0.707 bits per heavy atom. The minimum absolute atomic E-state index is 0.00615. The van der Waals surface area contributed by atoms with E-state index in [9.17, 15) is 9.59 Å². The molecule has 4 aromatic carbocycles. The van der Waals surface area contributed by atoms with Crippen LogP contribution in [-0.4, -0.2) is 134 Å². The van der Waals surface area contributed by atoms with Crippen LogP contribution in [0.1, 0.15) is 149 Å². The van der Waals surface area contributed by atoms with Gasteiger partial charge in [0.2, 0.25) is 0 Å². The van der Waals surface area contributed by atoms with Gasteiger partial charge >= 0.3 is 508 Å². The number of hydrogen-bond donors (Lipinski definition) is 0. The number of carbonyl (C=O) groups excluding carboxylic acids is 6. The summed E-state index contributed by atoms with van der Waals surface area (Å²) in [6.07, 6.45) is -5.72. The van der Waals surface area contributed by atoms with E-state index < -0.39 is 133 Å². The van der Waals surface area contributed by atoms with E-state index in [1.807, 2.05) is 72.8 Å². The molecule has 0 N–H and O–H groups in total. The monoisotopic (exact) mass is 1300 g/mol. The van der Waals surface area contributed by atoms with E-state index in [-0.39, 0.29) is 22.9 Å². The molecular weight excluding hydrogens is 1220 g/mol. The predicted molar refractivity (Wildman–Crippen MR) is 319 cm³/mol. The van der Waals surface area contributed by atoms with Crippen molar-refractivity contribution in [1.82, 2.24) is 9.80 Å². The van der Waals surface area contributed by atoms with Gasteiger partial charge in [0.15, 0.2) is 0 Å². The van der Waals surface area contributed by atoms with E-state index in [4.69, 9.17) is 51.6 Å². The number of nitrogens with zero attached hydrogens (tertiary/aromatic N) is 4. The molecule has 0 aliphatic carbocycles. The first-order chi connectivity index (χ1) is 37.6. The second kappa shape index (κ2) is 21.9. The summed E-state index contributed by atoms with van der Waals surface area (Å²) >= 11 is 13.9. The van der Waals surface area contributed by atoms with Crippen molar-refractivity contribution in [1.29, 1.82) is 0 Å². The Bertz CT molecular complexity index is 2970. The Morgan fingerprint density at radius 1 is 0.427 bits per heavy atom. The fourth-order valence-corrected chi connectivity index (χ4v) is 17.8. The molecule has 0 unspecified atom stereocenters. The summed E-state index contributed by atoms with van der Waals surface area (Å²) in [5.41, 5.74) is -3.38. The summed E-state index contributed by atoms with van der Waals surface area (Å²) in [7, 11) is 0. The third-order valence-electron chi connectivity index (χ3n) is 13.2. The Morgan fingerprint density at radius 3 is 0.988 bits per heavy atom. The fraction of sp³-hybridized carbons (Fsp3) is 0.516. The van der Waals surface area contributed by atoms with E-state index in [0.717, 1.165) is 8.92 Å². The van der Waals surface area contributed by atoms with Crippen LogP contribution >= 0.6 is 23.2 Å². The molecule has 442 valence electrons. The number of fused-ring (bicyclic) bond motifs is 6. The summed E-state index contributed by atoms with van der Waals surface area (Å²) in [5.74, 6) is -1.37. The van der Waals surface area contributed by atoms with Gasteiger partial charge in [0.05, 0.1) is 0 Å². The molecular formula is C62H76Cl2N4O12Se2. The first kappa shape index (κ1) is 62.6. The number of hydrogen-bond acceptors (Lipinski definition) is 12. The maximum absolute atomic E-state index is 15.2. The van der Waals surface area contributed by atoms with Gasteiger partial charge in [-0.15, -0.1) is 0 Å². The molecule has 0 spiro atoms. The van der Waals surface area contributed by atoms with E-state index in [1.165, 1.54) is 19.6 Å². The summed E-state index contributed by atoms with van der Waals surface area (Å²) in [6.45, 7) is 31.3. The van der Waals surface area contributed by atoms with E-state index in [2.05, 4.69) is 0 Å². The van der Waals surface area contributed by atoms with Crippen LogP contribution in [0.5, 0.6) is 0 Å². The predicted octanol–water partition coefficient (Wildman–Crippen LogP) is 12.0. The normalized spacial score (nSPS) is 22.4. The van der Waals surface area contributed by atoms with Crippen LogP contribution in [0.3, 0.4) is 0 Å². The van der Waals surface area contributed by atoms with Crippen molar-refractivity contribution in [3.05, 3.63) is 106 Å². The van der Waals surface area contributed by atoms with E-state index in [1.54, 1.807) is 137 Å². The van der Waals surface area contributed by atoms with Crippen LogP contribution in [0, 0.1) is 0 Å².